The van der Waals surface area contributed by atoms with Gasteiger partial charge in [-0.3, -0.25) is 0 Å². The molecule has 1 heterocycles. The van der Waals surface area contributed by atoms with Crippen LogP contribution in [0.5, 0.6) is 0 Å². The third-order valence-electron chi connectivity index (χ3n) is 2.24. The summed E-state index contributed by atoms with van der Waals surface area (Å²) in [5.41, 5.74) is 7.83. The zero-order valence-electron chi connectivity index (χ0n) is 9.25. The average molecular weight is 193 g/mol. The van der Waals surface area contributed by atoms with Crippen LogP contribution in [0.15, 0.2) is 12.1 Å². The van der Waals surface area contributed by atoms with Crippen LogP contribution in [0, 0.1) is 6.92 Å². The summed E-state index contributed by atoms with van der Waals surface area (Å²) in [6.07, 6.45) is 1.12. The van der Waals surface area contributed by atoms with Crippen LogP contribution in [0.3, 0.4) is 0 Å². The van der Waals surface area contributed by atoms with Crippen molar-refractivity contribution in [3.63, 3.8) is 0 Å². The normalized spacial score (nSPS) is 10.3. The maximum absolute atomic E-state index is 5.67. The number of aryl methyl sites for hydroxylation is 1. The molecule has 0 bridgehead atoms. The zero-order valence-corrected chi connectivity index (χ0v) is 9.25. The minimum absolute atomic E-state index is 0.552. The molecule has 1 aromatic rings. The van der Waals surface area contributed by atoms with E-state index in [-0.39, 0.29) is 0 Å². The molecule has 0 aliphatic heterocycles. The molecule has 0 saturated heterocycles. The molecule has 0 fully saturated rings. The van der Waals surface area contributed by atoms with Gasteiger partial charge in [-0.15, -0.1) is 0 Å². The van der Waals surface area contributed by atoms with Gasteiger partial charge in [0, 0.05) is 31.4 Å². The van der Waals surface area contributed by atoms with Crippen molar-refractivity contribution < 1.29 is 0 Å². The van der Waals surface area contributed by atoms with Crippen LogP contribution < -0.4 is 10.6 Å². The number of aromatic nitrogens is 1. The minimum Gasteiger partial charge on any atom is -0.359 e. The quantitative estimate of drug-likeness (QED) is 0.791. The van der Waals surface area contributed by atoms with Crippen LogP contribution in [-0.2, 0) is 6.54 Å². The summed E-state index contributed by atoms with van der Waals surface area (Å²) in [4.78, 5) is 6.67. The molecule has 0 aliphatic carbocycles. The molecule has 0 aliphatic rings. The van der Waals surface area contributed by atoms with Crippen molar-refractivity contribution in [1.29, 1.82) is 0 Å². The maximum Gasteiger partial charge on any atom is 0.133 e. The maximum atomic E-state index is 5.67. The van der Waals surface area contributed by atoms with Crippen molar-refractivity contribution in [3.05, 3.63) is 23.4 Å². The number of rotatable bonds is 4. The van der Waals surface area contributed by atoms with Crippen LogP contribution in [-0.4, -0.2) is 18.6 Å². The molecular weight excluding hydrogens is 174 g/mol. The predicted molar refractivity (Wildman–Crippen MR) is 60.4 cm³/mol. The summed E-state index contributed by atoms with van der Waals surface area (Å²) in [7, 11) is 2.06. The first kappa shape index (κ1) is 11.0. The van der Waals surface area contributed by atoms with E-state index in [9.17, 15) is 0 Å². The van der Waals surface area contributed by atoms with Crippen molar-refractivity contribution in [2.75, 3.05) is 18.5 Å². The largest absolute Gasteiger partial charge is 0.359 e. The molecule has 0 saturated carbocycles. The second-order valence-electron chi connectivity index (χ2n) is 3.56. The molecule has 0 unspecified atom stereocenters. The van der Waals surface area contributed by atoms with E-state index in [2.05, 4.69) is 29.9 Å². The molecule has 78 valence electrons. The van der Waals surface area contributed by atoms with E-state index in [1.54, 1.807) is 0 Å². The highest BCUT2D eigenvalue weighted by Gasteiger charge is 2.07. The lowest BCUT2D eigenvalue weighted by atomic mass is 10.2. The Balaban J connectivity index is 2.97. The van der Waals surface area contributed by atoms with Gasteiger partial charge in [-0.1, -0.05) is 13.0 Å². The van der Waals surface area contributed by atoms with E-state index in [0.29, 0.717) is 6.54 Å². The molecule has 3 heteroatoms. The van der Waals surface area contributed by atoms with Gasteiger partial charge in [0.2, 0.25) is 0 Å². The molecule has 14 heavy (non-hydrogen) atoms. The molecule has 2 N–H and O–H groups in total. The van der Waals surface area contributed by atoms with E-state index >= 15 is 0 Å². The smallest absolute Gasteiger partial charge is 0.133 e. The number of hydrogen-bond donors (Lipinski definition) is 1. The Morgan fingerprint density at radius 3 is 2.71 bits per heavy atom. The molecule has 0 radical (unpaired) electrons. The Morgan fingerprint density at radius 1 is 1.43 bits per heavy atom. The van der Waals surface area contributed by atoms with Crippen molar-refractivity contribution >= 4 is 5.82 Å². The van der Waals surface area contributed by atoms with Gasteiger partial charge < -0.3 is 10.6 Å². The van der Waals surface area contributed by atoms with Crippen LogP contribution in [0.2, 0.25) is 0 Å². The number of nitrogens with zero attached hydrogens (tertiary/aromatic N) is 2. The van der Waals surface area contributed by atoms with Crippen LogP contribution in [0.25, 0.3) is 0 Å². The summed E-state index contributed by atoms with van der Waals surface area (Å²) >= 11 is 0. The number of nitrogens with two attached hydrogens (primary N) is 1. The molecule has 0 spiro atoms. The van der Waals surface area contributed by atoms with Crippen LogP contribution in [0.1, 0.15) is 24.6 Å². The Kier molecular flexibility index (Phi) is 3.89. The number of hydrogen-bond acceptors (Lipinski definition) is 3. The molecule has 0 atom stereocenters. The van der Waals surface area contributed by atoms with Gasteiger partial charge in [-0.05, 0) is 19.4 Å². The van der Waals surface area contributed by atoms with Gasteiger partial charge in [0.15, 0.2) is 0 Å². The Hall–Kier alpha value is -1.09. The molecule has 1 aromatic heterocycles. The second kappa shape index (κ2) is 4.96. The molecule has 0 aromatic carbocycles. The third kappa shape index (κ3) is 2.45. The molecule has 1 rings (SSSR count). The van der Waals surface area contributed by atoms with Crippen molar-refractivity contribution in [1.82, 2.24) is 4.98 Å². The summed E-state index contributed by atoms with van der Waals surface area (Å²) in [6, 6.07) is 4.06. The highest BCUT2D eigenvalue weighted by Crippen LogP contribution is 2.16. The first-order valence-corrected chi connectivity index (χ1v) is 5.06. The SMILES string of the molecule is CCCN(C)c1nc(C)ccc1CN. The van der Waals surface area contributed by atoms with Gasteiger partial charge >= 0.3 is 0 Å². The van der Waals surface area contributed by atoms with E-state index in [1.165, 1.54) is 0 Å². The van der Waals surface area contributed by atoms with Gasteiger partial charge in [0.1, 0.15) is 5.82 Å². The molecular formula is C11H19N3. The zero-order chi connectivity index (χ0) is 10.6. The lowest BCUT2D eigenvalue weighted by Crippen LogP contribution is -2.21. The Morgan fingerprint density at radius 2 is 2.14 bits per heavy atom. The van der Waals surface area contributed by atoms with Gasteiger partial charge in [-0.2, -0.15) is 0 Å². The van der Waals surface area contributed by atoms with Crippen molar-refractivity contribution in [3.8, 4) is 0 Å². The molecule has 0 amide bonds. The highest BCUT2D eigenvalue weighted by molar-refractivity contribution is 5.46. The van der Waals surface area contributed by atoms with E-state index in [1.807, 2.05) is 13.0 Å². The lowest BCUT2D eigenvalue weighted by Gasteiger charge is -2.20. The van der Waals surface area contributed by atoms with Crippen LogP contribution >= 0.6 is 0 Å². The lowest BCUT2D eigenvalue weighted by molar-refractivity contribution is 0.823. The monoisotopic (exact) mass is 193 g/mol. The Labute approximate surface area is 85.9 Å². The second-order valence-corrected chi connectivity index (χ2v) is 3.56. The summed E-state index contributed by atoms with van der Waals surface area (Å²) < 4.78 is 0. The third-order valence-corrected chi connectivity index (χ3v) is 2.24. The van der Waals surface area contributed by atoms with Crippen LogP contribution in [0.4, 0.5) is 5.82 Å². The van der Waals surface area contributed by atoms with Gasteiger partial charge in [0.05, 0.1) is 0 Å². The summed E-state index contributed by atoms with van der Waals surface area (Å²) in [6.45, 7) is 5.73. The summed E-state index contributed by atoms with van der Waals surface area (Å²) in [5.74, 6) is 1.02. The van der Waals surface area contributed by atoms with E-state index < -0.39 is 0 Å². The number of anilines is 1. The average Bonchev–Trinajstić information content (AvgIpc) is 2.18. The van der Waals surface area contributed by atoms with Crippen molar-refractivity contribution in [2.45, 2.75) is 26.8 Å². The fourth-order valence-electron chi connectivity index (χ4n) is 1.50. The summed E-state index contributed by atoms with van der Waals surface area (Å²) in [5, 5.41) is 0. The van der Waals surface area contributed by atoms with Gasteiger partial charge in [-0.25, -0.2) is 4.98 Å². The molecule has 3 nitrogen and oxygen atoms in total. The van der Waals surface area contributed by atoms with E-state index in [0.717, 1.165) is 30.0 Å². The Bertz CT molecular complexity index is 297. The first-order valence-electron chi connectivity index (χ1n) is 5.06. The van der Waals surface area contributed by atoms with Crippen molar-refractivity contribution in [2.24, 2.45) is 5.73 Å². The highest BCUT2D eigenvalue weighted by atomic mass is 15.2. The minimum atomic E-state index is 0.552. The topological polar surface area (TPSA) is 42.2 Å². The fourth-order valence-corrected chi connectivity index (χ4v) is 1.50. The van der Waals surface area contributed by atoms with Gasteiger partial charge in [0.25, 0.3) is 0 Å². The number of pyridine rings is 1. The predicted octanol–water partition coefficient (Wildman–Crippen LogP) is 1.69. The standard InChI is InChI=1S/C11H19N3/c1-4-7-14(3)11-10(8-12)6-5-9(2)13-11/h5-6H,4,7-8,12H2,1-3H3. The first-order chi connectivity index (χ1) is 6.69. The fraction of sp³-hybridized carbons (Fsp3) is 0.545. The van der Waals surface area contributed by atoms with E-state index in [4.69, 9.17) is 5.73 Å².